The summed E-state index contributed by atoms with van der Waals surface area (Å²) in [6.45, 7) is 1.95. The van der Waals surface area contributed by atoms with Crippen LogP contribution in [0.2, 0.25) is 5.15 Å². The lowest BCUT2D eigenvalue weighted by molar-refractivity contribution is 0.0517. The number of carbonyl (C=O) groups excluding carboxylic acids is 1. The molecule has 16 heteroatoms. The summed E-state index contributed by atoms with van der Waals surface area (Å²) in [5.41, 5.74) is 2.18. The van der Waals surface area contributed by atoms with Crippen LogP contribution in [-0.4, -0.2) is 58.0 Å². The van der Waals surface area contributed by atoms with Crippen molar-refractivity contribution in [1.82, 2.24) is 29.0 Å². The zero-order chi connectivity index (χ0) is 31.9. The van der Waals surface area contributed by atoms with Crippen molar-refractivity contribution < 1.29 is 22.0 Å². The summed E-state index contributed by atoms with van der Waals surface area (Å²) in [6.07, 6.45) is 3.39. The van der Waals surface area contributed by atoms with Gasteiger partial charge in [-0.3, -0.25) is 14.2 Å². The largest absolute Gasteiger partial charge is 0.377 e. The summed E-state index contributed by atoms with van der Waals surface area (Å²) >= 11 is 6.01. The molecule has 1 atom stereocenters. The fraction of sp³-hybridized carbons (Fsp3) is 0.393. The van der Waals surface area contributed by atoms with E-state index in [4.69, 9.17) is 16.6 Å². The van der Waals surface area contributed by atoms with E-state index < -0.39 is 28.5 Å². The highest BCUT2D eigenvalue weighted by molar-refractivity contribution is 7.89. The minimum Gasteiger partial charge on any atom is -0.377 e. The quantitative estimate of drug-likeness (QED) is 0.270. The number of aromatic nitrogens is 5. The van der Waals surface area contributed by atoms with Crippen LogP contribution in [-0.2, 0) is 17.1 Å². The molecule has 2 N–H and O–H groups in total. The number of sulfonamides is 1. The van der Waals surface area contributed by atoms with E-state index in [9.17, 15) is 26.8 Å². The average Bonchev–Trinajstić information content (AvgIpc) is 3.45. The smallest absolute Gasteiger partial charge is 0.333 e. The van der Waals surface area contributed by atoms with Crippen LogP contribution >= 0.6 is 11.6 Å². The number of hydrogen-bond acceptors (Lipinski definition) is 9. The maximum Gasteiger partial charge on any atom is 0.333 e. The SMILES string of the molecule is Cc1cc([C@@H](C)Nc2ccc(Cl)nc2C(=O)NS(C)(=O)=O)c2nc(N3CCC(c4ccnn4C(F)F)CC3)n(C)c(=O)c2c1. The number of alkyl halides is 2. The van der Waals surface area contributed by atoms with Crippen LogP contribution in [0.5, 0.6) is 0 Å². The highest BCUT2D eigenvalue weighted by Crippen LogP contribution is 2.33. The summed E-state index contributed by atoms with van der Waals surface area (Å²) in [7, 11) is -2.21. The van der Waals surface area contributed by atoms with E-state index in [1.807, 2.05) is 29.5 Å². The van der Waals surface area contributed by atoms with Gasteiger partial charge in [0.05, 0.1) is 28.9 Å². The summed E-state index contributed by atoms with van der Waals surface area (Å²) in [5, 5.41) is 7.36. The highest BCUT2D eigenvalue weighted by Gasteiger charge is 2.28. The van der Waals surface area contributed by atoms with Crippen molar-refractivity contribution >= 4 is 50.1 Å². The molecule has 0 aliphatic carbocycles. The summed E-state index contributed by atoms with van der Waals surface area (Å²) in [5.74, 6) is -0.611. The number of amides is 1. The predicted octanol–water partition coefficient (Wildman–Crippen LogP) is 4.13. The maximum atomic E-state index is 13.6. The van der Waals surface area contributed by atoms with Crippen LogP contribution in [0.15, 0.2) is 41.3 Å². The molecule has 4 heterocycles. The molecule has 0 bridgehead atoms. The van der Waals surface area contributed by atoms with Gasteiger partial charge in [-0.1, -0.05) is 17.7 Å². The predicted molar refractivity (Wildman–Crippen MR) is 163 cm³/mol. The van der Waals surface area contributed by atoms with Crippen LogP contribution in [0.1, 0.15) is 65.6 Å². The van der Waals surface area contributed by atoms with E-state index in [0.29, 0.717) is 54.0 Å². The van der Waals surface area contributed by atoms with E-state index >= 15 is 0 Å². The Balaban J connectivity index is 1.48. The molecule has 44 heavy (non-hydrogen) atoms. The molecule has 1 amide bonds. The van der Waals surface area contributed by atoms with Crippen LogP contribution in [0, 0.1) is 6.92 Å². The van der Waals surface area contributed by atoms with Crippen molar-refractivity contribution in [2.24, 2.45) is 7.05 Å². The normalized spacial score (nSPS) is 15.1. The second-order valence-electron chi connectivity index (χ2n) is 10.9. The number of piperidine rings is 1. The van der Waals surface area contributed by atoms with Gasteiger partial charge in [-0.2, -0.15) is 13.9 Å². The number of halogens is 3. The van der Waals surface area contributed by atoms with Gasteiger partial charge in [0.25, 0.3) is 11.5 Å². The molecule has 12 nitrogen and oxygen atoms in total. The molecule has 3 aromatic heterocycles. The van der Waals surface area contributed by atoms with Gasteiger partial charge in [0.2, 0.25) is 16.0 Å². The van der Waals surface area contributed by atoms with Crippen LogP contribution in [0.4, 0.5) is 20.4 Å². The molecular formula is C28H31ClF2N8O4S. The van der Waals surface area contributed by atoms with Crippen molar-refractivity contribution in [2.75, 3.05) is 29.6 Å². The number of nitrogens with zero attached hydrogens (tertiary/aromatic N) is 6. The third-order valence-corrected chi connectivity index (χ3v) is 8.37. The molecule has 0 spiro atoms. The molecule has 1 aliphatic rings. The Hall–Kier alpha value is -4.11. The molecule has 0 unspecified atom stereocenters. The molecule has 1 aliphatic heterocycles. The maximum absolute atomic E-state index is 13.6. The molecule has 0 saturated carbocycles. The summed E-state index contributed by atoms with van der Waals surface area (Å²) < 4.78 is 54.3. The number of fused-ring (bicyclic) bond motifs is 1. The van der Waals surface area contributed by atoms with Crippen molar-refractivity contribution in [3.8, 4) is 0 Å². The van der Waals surface area contributed by atoms with Gasteiger partial charge < -0.3 is 10.2 Å². The lowest BCUT2D eigenvalue weighted by atomic mass is 9.93. The standard InChI is InChI=1S/C28H31ClF2N8O4S/c1-15-13-18(16(2)33-20-5-6-22(29)34-24(20)25(40)36-44(4,42)43)23-19(14-15)26(41)37(3)28(35-23)38-11-8-17(9-12-38)21-7-10-32-39(21)27(30)31/h5-7,10,13-14,16-17,27,33H,8-9,11-12H2,1-4H3,(H,36,40)/t16-/m1/s1. The first-order valence-corrected chi connectivity index (χ1v) is 16.0. The van der Waals surface area contributed by atoms with Gasteiger partial charge in [-0.15, -0.1) is 0 Å². The van der Waals surface area contributed by atoms with Crippen molar-refractivity contribution in [3.05, 3.63) is 74.6 Å². The number of carbonyl (C=O) groups is 1. The zero-order valence-electron chi connectivity index (χ0n) is 24.4. The monoisotopic (exact) mass is 648 g/mol. The second kappa shape index (κ2) is 12.1. The number of hydrogen-bond donors (Lipinski definition) is 2. The number of benzene rings is 1. The molecule has 4 aromatic rings. The Morgan fingerprint density at radius 3 is 2.50 bits per heavy atom. The number of rotatable bonds is 8. The first kappa shape index (κ1) is 31.3. The fourth-order valence-electron chi connectivity index (χ4n) is 5.59. The lowest BCUT2D eigenvalue weighted by Crippen LogP contribution is -2.38. The Morgan fingerprint density at radius 1 is 1.14 bits per heavy atom. The van der Waals surface area contributed by atoms with Gasteiger partial charge in [-0.25, -0.2) is 27.8 Å². The Bertz CT molecular complexity index is 1910. The third-order valence-electron chi connectivity index (χ3n) is 7.61. The number of aryl methyl sites for hydroxylation is 1. The van der Waals surface area contributed by atoms with Gasteiger partial charge in [0, 0.05) is 43.5 Å². The summed E-state index contributed by atoms with van der Waals surface area (Å²) in [4.78, 5) is 37.3. The summed E-state index contributed by atoms with van der Waals surface area (Å²) in [6, 6.07) is 7.73. The van der Waals surface area contributed by atoms with Gasteiger partial charge in [-0.05, 0) is 56.5 Å². The number of anilines is 2. The number of nitrogens with one attached hydrogen (secondary N) is 2. The van der Waals surface area contributed by atoms with E-state index in [1.165, 1.54) is 22.9 Å². The highest BCUT2D eigenvalue weighted by atomic mass is 35.5. The molecule has 234 valence electrons. The van der Waals surface area contributed by atoms with E-state index in [-0.39, 0.29) is 28.0 Å². The molecular weight excluding hydrogens is 618 g/mol. The Kier molecular flexibility index (Phi) is 8.62. The van der Waals surface area contributed by atoms with Gasteiger partial charge in [0.1, 0.15) is 5.15 Å². The first-order valence-electron chi connectivity index (χ1n) is 13.8. The van der Waals surface area contributed by atoms with E-state index in [1.54, 1.807) is 19.2 Å². The van der Waals surface area contributed by atoms with Crippen LogP contribution < -0.4 is 20.5 Å². The van der Waals surface area contributed by atoms with Crippen LogP contribution in [0.3, 0.4) is 0 Å². The van der Waals surface area contributed by atoms with Crippen LogP contribution in [0.25, 0.3) is 10.9 Å². The van der Waals surface area contributed by atoms with E-state index in [2.05, 4.69) is 15.4 Å². The Labute approximate surface area is 257 Å². The number of pyridine rings is 1. The van der Waals surface area contributed by atoms with Crippen molar-refractivity contribution in [2.45, 2.75) is 45.2 Å². The van der Waals surface area contributed by atoms with Gasteiger partial charge in [0.15, 0.2) is 5.69 Å². The molecule has 0 radical (unpaired) electrons. The Morgan fingerprint density at radius 2 is 1.84 bits per heavy atom. The molecule has 1 aromatic carbocycles. The second-order valence-corrected chi connectivity index (χ2v) is 13.0. The average molecular weight is 649 g/mol. The lowest BCUT2D eigenvalue weighted by Gasteiger charge is -2.33. The fourth-order valence-corrected chi connectivity index (χ4v) is 6.17. The topological polar surface area (TPSA) is 144 Å². The van der Waals surface area contributed by atoms with Gasteiger partial charge >= 0.3 is 6.55 Å². The molecule has 5 rings (SSSR count). The first-order chi connectivity index (χ1) is 20.7. The zero-order valence-corrected chi connectivity index (χ0v) is 26.0. The minimum atomic E-state index is -3.86. The molecule has 1 saturated heterocycles. The third kappa shape index (κ3) is 6.38. The van der Waals surface area contributed by atoms with E-state index in [0.717, 1.165) is 16.5 Å². The van der Waals surface area contributed by atoms with Crippen molar-refractivity contribution in [3.63, 3.8) is 0 Å². The minimum absolute atomic E-state index is 0.0000899. The molecule has 1 fully saturated rings. The van der Waals surface area contributed by atoms with Crippen molar-refractivity contribution in [1.29, 1.82) is 0 Å².